The van der Waals surface area contributed by atoms with Crippen molar-refractivity contribution in [2.24, 2.45) is 0 Å². The van der Waals surface area contributed by atoms with E-state index in [0.29, 0.717) is 17.8 Å². The minimum Gasteiger partial charge on any atom is -0.350 e. The van der Waals surface area contributed by atoms with E-state index in [4.69, 9.17) is 0 Å². The highest BCUT2D eigenvalue weighted by Gasteiger charge is 2.18. The van der Waals surface area contributed by atoms with Crippen molar-refractivity contribution in [2.45, 2.75) is 70.3 Å². The van der Waals surface area contributed by atoms with Gasteiger partial charge >= 0.3 is 0 Å². The fourth-order valence-corrected chi connectivity index (χ4v) is 3.77. The summed E-state index contributed by atoms with van der Waals surface area (Å²) in [5, 5.41) is 6.00. The van der Waals surface area contributed by atoms with Crippen molar-refractivity contribution in [1.82, 2.24) is 15.6 Å². The molecule has 0 aromatic carbocycles. The molecule has 0 atom stereocenters. The van der Waals surface area contributed by atoms with Gasteiger partial charge in [-0.05, 0) is 57.1 Å². The molecule has 1 fully saturated rings. The van der Waals surface area contributed by atoms with Crippen molar-refractivity contribution in [1.29, 1.82) is 0 Å². The highest BCUT2D eigenvalue weighted by atomic mass is 16.2. The summed E-state index contributed by atoms with van der Waals surface area (Å²) in [6.45, 7) is 0.616. The van der Waals surface area contributed by atoms with E-state index in [9.17, 15) is 9.59 Å². The Morgan fingerprint density at radius 2 is 1.92 bits per heavy atom. The van der Waals surface area contributed by atoms with Crippen LogP contribution in [0.25, 0.3) is 0 Å². The average Bonchev–Trinajstić information content (AvgIpc) is 2.69. The van der Waals surface area contributed by atoms with Gasteiger partial charge in [-0.15, -0.1) is 0 Å². The molecule has 2 aliphatic rings. The Morgan fingerprint density at radius 3 is 2.69 bits per heavy atom. The van der Waals surface area contributed by atoms with Crippen molar-refractivity contribution in [2.75, 3.05) is 6.54 Å². The van der Waals surface area contributed by atoms with E-state index in [1.54, 1.807) is 12.1 Å². The van der Waals surface area contributed by atoms with Gasteiger partial charge in [0.1, 0.15) is 5.69 Å². The number of nitrogens with one attached hydrogen (secondary N) is 2. The second-order valence-electron chi connectivity index (χ2n) is 7.35. The minimum absolute atomic E-state index is 0.110. The maximum absolute atomic E-state index is 12.4. The number of allylic oxidation sites excluding steroid dienone is 1. The first-order valence-electron chi connectivity index (χ1n) is 9.95. The second kappa shape index (κ2) is 9.51. The maximum atomic E-state index is 12.4. The second-order valence-corrected chi connectivity index (χ2v) is 7.35. The number of pyridine rings is 1. The maximum Gasteiger partial charge on any atom is 0.269 e. The van der Waals surface area contributed by atoms with E-state index in [1.165, 1.54) is 43.9 Å². The van der Waals surface area contributed by atoms with Crippen LogP contribution in [0.4, 0.5) is 0 Å². The number of carbonyl (C=O) groups is 2. The number of hydrogen-bond acceptors (Lipinski definition) is 3. The molecule has 0 spiro atoms. The Balaban J connectivity index is 1.51. The Kier molecular flexibility index (Phi) is 6.81. The molecule has 1 heterocycles. The summed E-state index contributed by atoms with van der Waals surface area (Å²) in [4.78, 5) is 28.9. The summed E-state index contributed by atoms with van der Waals surface area (Å²) >= 11 is 0. The molecule has 0 aliphatic heterocycles. The molecule has 2 amide bonds. The normalized spacial score (nSPS) is 18.1. The number of amides is 2. The van der Waals surface area contributed by atoms with Crippen LogP contribution in [0.5, 0.6) is 0 Å². The number of nitrogens with zero attached hydrogens (tertiary/aromatic N) is 1. The summed E-state index contributed by atoms with van der Waals surface area (Å²) in [5.41, 5.74) is 2.25. The van der Waals surface area contributed by atoms with Crippen molar-refractivity contribution >= 4 is 11.8 Å². The molecule has 0 radical (unpaired) electrons. The summed E-state index contributed by atoms with van der Waals surface area (Å²) in [6, 6.07) is 3.51. The Hall–Kier alpha value is -2.17. The van der Waals surface area contributed by atoms with Crippen molar-refractivity contribution < 1.29 is 9.59 Å². The van der Waals surface area contributed by atoms with Gasteiger partial charge in [0.25, 0.3) is 11.8 Å². The third-order valence-corrected chi connectivity index (χ3v) is 5.31. The zero-order valence-corrected chi connectivity index (χ0v) is 15.4. The minimum atomic E-state index is -0.214. The zero-order chi connectivity index (χ0) is 18.2. The number of aromatic nitrogens is 1. The molecule has 3 rings (SSSR count). The van der Waals surface area contributed by atoms with Crippen LogP contribution in [0.1, 0.15) is 85.1 Å². The van der Waals surface area contributed by atoms with Gasteiger partial charge in [0, 0.05) is 24.3 Å². The topological polar surface area (TPSA) is 71.1 Å². The first-order chi connectivity index (χ1) is 12.7. The lowest BCUT2D eigenvalue weighted by Gasteiger charge is -2.22. The molecule has 1 saturated carbocycles. The third-order valence-electron chi connectivity index (χ3n) is 5.31. The van der Waals surface area contributed by atoms with Gasteiger partial charge in [0.2, 0.25) is 0 Å². The van der Waals surface area contributed by atoms with Crippen LogP contribution in [-0.4, -0.2) is 29.4 Å². The smallest absolute Gasteiger partial charge is 0.269 e. The molecule has 0 bridgehead atoms. The van der Waals surface area contributed by atoms with E-state index in [2.05, 4.69) is 21.7 Å². The highest BCUT2D eigenvalue weighted by molar-refractivity contribution is 5.98. The van der Waals surface area contributed by atoms with Crippen molar-refractivity contribution in [3.8, 4) is 0 Å². The predicted octanol–water partition coefficient (Wildman–Crippen LogP) is 3.76. The van der Waals surface area contributed by atoms with E-state index >= 15 is 0 Å². The van der Waals surface area contributed by atoms with Gasteiger partial charge in [-0.3, -0.25) is 14.6 Å². The molecule has 1 aromatic rings. The van der Waals surface area contributed by atoms with E-state index in [0.717, 1.165) is 32.1 Å². The first-order valence-corrected chi connectivity index (χ1v) is 9.95. The first kappa shape index (κ1) is 18.6. The Morgan fingerprint density at radius 1 is 1.08 bits per heavy atom. The van der Waals surface area contributed by atoms with Crippen LogP contribution in [0.2, 0.25) is 0 Å². The van der Waals surface area contributed by atoms with Gasteiger partial charge in [-0.25, -0.2) is 0 Å². The lowest BCUT2D eigenvalue weighted by molar-refractivity contribution is 0.0927. The average molecular weight is 355 g/mol. The molecular formula is C21H29N3O2. The van der Waals surface area contributed by atoms with Crippen LogP contribution in [0, 0.1) is 0 Å². The van der Waals surface area contributed by atoms with Crippen LogP contribution in [-0.2, 0) is 0 Å². The molecule has 0 saturated heterocycles. The molecule has 0 unspecified atom stereocenters. The quantitative estimate of drug-likeness (QED) is 0.763. The molecule has 26 heavy (non-hydrogen) atoms. The van der Waals surface area contributed by atoms with Gasteiger partial charge in [-0.1, -0.05) is 30.9 Å². The fourth-order valence-electron chi connectivity index (χ4n) is 3.77. The van der Waals surface area contributed by atoms with Crippen molar-refractivity contribution in [3.63, 3.8) is 0 Å². The van der Waals surface area contributed by atoms with Crippen molar-refractivity contribution in [3.05, 3.63) is 41.2 Å². The molecular weight excluding hydrogens is 326 g/mol. The van der Waals surface area contributed by atoms with Crippen LogP contribution in [0.15, 0.2) is 30.0 Å². The van der Waals surface area contributed by atoms with Gasteiger partial charge in [-0.2, -0.15) is 0 Å². The summed E-state index contributed by atoms with van der Waals surface area (Å²) < 4.78 is 0. The molecule has 1 aromatic heterocycles. The number of carbonyl (C=O) groups excluding carboxylic acids is 2. The van der Waals surface area contributed by atoms with Crippen LogP contribution < -0.4 is 10.6 Å². The molecule has 5 heteroatoms. The fraction of sp³-hybridized carbons (Fsp3) is 0.571. The monoisotopic (exact) mass is 355 g/mol. The molecule has 2 aliphatic carbocycles. The largest absolute Gasteiger partial charge is 0.350 e. The zero-order valence-electron chi connectivity index (χ0n) is 15.4. The Bertz CT molecular complexity index is 663. The summed E-state index contributed by atoms with van der Waals surface area (Å²) in [7, 11) is 0. The molecule has 2 N–H and O–H groups in total. The lowest BCUT2D eigenvalue weighted by atomic mass is 9.95. The third kappa shape index (κ3) is 5.41. The van der Waals surface area contributed by atoms with E-state index in [1.807, 2.05) is 0 Å². The molecule has 5 nitrogen and oxygen atoms in total. The number of hydrogen-bond donors (Lipinski definition) is 2. The summed E-state index contributed by atoms with van der Waals surface area (Å²) in [5.74, 6) is -0.325. The lowest BCUT2D eigenvalue weighted by Crippen LogP contribution is -2.36. The van der Waals surface area contributed by atoms with Gasteiger partial charge in [0.05, 0.1) is 0 Å². The van der Waals surface area contributed by atoms with Crippen LogP contribution in [0.3, 0.4) is 0 Å². The molecule has 140 valence electrons. The SMILES string of the molecule is O=C(NC1CCCCC1)c1ccnc(C(=O)NCCC2=CCCCC2)c1. The highest BCUT2D eigenvalue weighted by Crippen LogP contribution is 2.19. The van der Waals surface area contributed by atoms with E-state index < -0.39 is 0 Å². The summed E-state index contributed by atoms with van der Waals surface area (Å²) in [6.07, 6.45) is 15.2. The number of rotatable bonds is 6. The van der Waals surface area contributed by atoms with Gasteiger partial charge < -0.3 is 10.6 Å². The standard InChI is InChI=1S/C21H29N3O2/c25-20(24-18-9-5-2-6-10-18)17-12-14-22-19(15-17)21(26)23-13-11-16-7-3-1-4-8-16/h7,12,14-15,18H,1-6,8-11,13H2,(H,23,26)(H,24,25). The van der Waals surface area contributed by atoms with E-state index in [-0.39, 0.29) is 17.9 Å². The van der Waals surface area contributed by atoms with Gasteiger partial charge in [0.15, 0.2) is 0 Å². The van der Waals surface area contributed by atoms with Crippen LogP contribution >= 0.6 is 0 Å². The predicted molar refractivity (Wildman–Crippen MR) is 102 cm³/mol. The Labute approximate surface area is 155 Å².